The van der Waals surface area contributed by atoms with Crippen LogP contribution in [0.5, 0.6) is 0 Å². The largest absolute Gasteiger partial charge is 0.364 e. The topological polar surface area (TPSA) is 87.0 Å². The summed E-state index contributed by atoms with van der Waals surface area (Å²) < 4.78 is 0. The molecule has 5 heteroatoms. The molecular formula is C24H29NO4. The molecule has 2 N–H and O–H groups in total. The van der Waals surface area contributed by atoms with Gasteiger partial charge in [-0.25, -0.2) is 0 Å². The van der Waals surface area contributed by atoms with Crippen LogP contribution in [0.2, 0.25) is 0 Å². The predicted molar refractivity (Wildman–Crippen MR) is 110 cm³/mol. The molecule has 1 aromatic rings. The number of hydrogen-bond donors (Lipinski definition) is 2. The highest BCUT2D eigenvalue weighted by Gasteiger charge is 2.49. The van der Waals surface area contributed by atoms with Gasteiger partial charge in [0, 0.05) is 41.3 Å². The van der Waals surface area contributed by atoms with Crippen LogP contribution in [-0.2, 0) is 9.59 Å². The van der Waals surface area contributed by atoms with Crippen LogP contribution in [0.3, 0.4) is 0 Å². The fourth-order valence-electron chi connectivity index (χ4n) is 5.25. The third kappa shape index (κ3) is 3.62. The lowest BCUT2D eigenvalue weighted by Gasteiger charge is -2.44. The smallest absolute Gasteiger partial charge is 0.178 e. The van der Waals surface area contributed by atoms with Crippen molar-refractivity contribution in [3.05, 3.63) is 46.7 Å². The van der Waals surface area contributed by atoms with Crippen molar-refractivity contribution in [3.8, 4) is 0 Å². The van der Waals surface area contributed by atoms with E-state index in [0.717, 1.165) is 29.8 Å². The Kier molecular flexibility index (Phi) is 4.67. The molecule has 1 fully saturated rings. The van der Waals surface area contributed by atoms with Gasteiger partial charge in [-0.2, -0.15) is 0 Å². The standard InChI is InChI=1S/C24H29NO4/c1-23(2)9-15-20(17(26)11-23)19(13-5-7-14(8-6-13)22(28)29)21-16(25-15)10-24(3,4)12-18(21)27/h5-8,19-20,22,28-29H,9-12H2,1-4H3. The summed E-state index contributed by atoms with van der Waals surface area (Å²) in [5, 5.41) is 18.8. The summed E-state index contributed by atoms with van der Waals surface area (Å²) in [5.41, 5.74) is 3.39. The molecule has 2 aliphatic carbocycles. The zero-order valence-corrected chi connectivity index (χ0v) is 17.5. The van der Waals surface area contributed by atoms with Crippen molar-refractivity contribution < 1.29 is 19.8 Å². The number of Topliss-reactive ketones (excluding diaryl/α,β-unsaturated/α-hetero) is 2. The van der Waals surface area contributed by atoms with Gasteiger partial charge < -0.3 is 10.2 Å². The Hall–Kier alpha value is -2.11. The van der Waals surface area contributed by atoms with Crippen molar-refractivity contribution in [3.63, 3.8) is 0 Å². The number of hydrogen-bond acceptors (Lipinski definition) is 5. The summed E-state index contributed by atoms with van der Waals surface area (Å²) in [5.74, 6) is -0.528. The molecule has 0 saturated heterocycles. The number of aliphatic hydroxyl groups excluding tert-OH is 1. The minimum Gasteiger partial charge on any atom is -0.364 e. The Morgan fingerprint density at radius 1 is 0.897 bits per heavy atom. The van der Waals surface area contributed by atoms with Crippen molar-refractivity contribution in [1.29, 1.82) is 0 Å². The van der Waals surface area contributed by atoms with Crippen LogP contribution in [-0.4, -0.2) is 27.5 Å². The second kappa shape index (κ2) is 6.71. The van der Waals surface area contributed by atoms with Crippen LogP contribution in [0.4, 0.5) is 0 Å². The van der Waals surface area contributed by atoms with Gasteiger partial charge in [0.25, 0.3) is 0 Å². The van der Waals surface area contributed by atoms with E-state index in [0.29, 0.717) is 24.0 Å². The highest BCUT2D eigenvalue weighted by Crippen LogP contribution is 2.51. The lowest BCUT2D eigenvalue weighted by molar-refractivity contribution is -0.124. The minimum atomic E-state index is -1.54. The number of aliphatic imine (C=N–C) groups is 1. The molecule has 0 bridgehead atoms. The summed E-state index contributed by atoms with van der Waals surface area (Å²) in [6.07, 6.45) is 0.855. The molecule has 3 aliphatic rings. The van der Waals surface area contributed by atoms with Gasteiger partial charge in [-0.1, -0.05) is 52.0 Å². The Morgan fingerprint density at radius 2 is 1.52 bits per heavy atom. The molecule has 1 heterocycles. The van der Waals surface area contributed by atoms with Gasteiger partial charge in [-0.3, -0.25) is 14.6 Å². The molecule has 0 spiro atoms. The molecule has 29 heavy (non-hydrogen) atoms. The molecular weight excluding hydrogens is 366 g/mol. The first-order valence-corrected chi connectivity index (χ1v) is 10.3. The van der Waals surface area contributed by atoms with Crippen LogP contribution >= 0.6 is 0 Å². The number of nitrogens with zero attached hydrogens (tertiary/aromatic N) is 1. The van der Waals surface area contributed by atoms with Crippen molar-refractivity contribution in [1.82, 2.24) is 0 Å². The van der Waals surface area contributed by atoms with Gasteiger partial charge >= 0.3 is 0 Å². The lowest BCUT2D eigenvalue weighted by atomic mass is 9.60. The highest BCUT2D eigenvalue weighted by molar-refractivity contribution is 6.13. The van der Waals surface area contributed by atoms with Gasteiger partial charge in [0.15, 0.2) is 12.1 Å². The number of rotatable bonds is 2. The van der Waals surface area contributed by atoms with E-state index < -0.39 is 12.2 Å². The summed E-state index contributed by atoms with van der Waals surface area (Å²) in [6, 6.07) is 6.93. The lowest BCUT2D eigenvalue weighted by Crippen LogP contribution is -2.45. The first-order chi connectivity index (χ1) is 13.5. The van der Waals surface area contributed by atoms with Crippen molar-refractivity contribution in [2.75, 3.05) is 0 Å². The van der Waals surface area contributed by atoms with Crippen LogP contribution < -0.4 is 0 Å². The molecule has 2 unspecified atom stereocenters. The van der Waals surface area contributed by atoms with E-state index >= 15 is 0 Å². The molecule has 154 valence electrons. The molecule has 0 amide bonds. The number of fused-ring (bicyclic) bond motifs is 1. The minimum absolute atomic E-state index is 0.0768. The summed E-state index contributed by atoms with van der Waals surface area (Å²) in [6.45, 7) is 8.36. The van der Waals surface area contributed by atoms with E-state index in [4.69, 9.17) is 4.99 Å². The van der Waals surface area contributed by atoms with E-state index in [1.54, 1.807) is 12.1 Å². The molecule has 1 saturated carbocycles. The number of carbonyl (C=O) groups is 2. The highest BCUT2D eigenvalue weighted by atomic mass is 16.5. The number of ketones is 2. The zero-order valence-electron chi connectivity index (χ0n) is 17.5. The molecule has 2 atom stereocenters. The van der Waals surface area contributed by atoms with Crippen LogP contribution in [0.25, 0.3) is 0 Å². The number of allylic oxidation sites excluding steroid dienone is 2. The van der Waals surface area contributed by atoms with Gasteiger partial charge in [0.2, 0.25) is 0 Å². The normalized spacial score (nSPS) is 28.2. The molecule has 4 rings (SSSR count). The number of benzene rings is 1. The quantitative estimate of drug-likeness (QED) is 0.745. The van der Waals surface area contributed by atoms with Crippen molar-refractivity contribution in [2.45, 2.75) is 65.6 Å². The number of aliphatic hydroxyl groups is 2. The SMILES string of the molecule is CC1(C)CC(=O)C2C(=NC3=C(C(=O)CC(C)(C)C3)C2c2ccc(C(O)O)cc2)C1. The molecule has 1 aliphatic heterocycles. The average molecular weight is 395 g/mol. The zero-order chi connectivity index (χ0) is 21.1. The fourth-order valence-corrected chi connectivity index (χ4v) is 5.25. The van der Waals surface area contributed by atoms with Gasteiger partial charge in [-0.05, 0) is 29.2 Å². The van der Waals surface area contributed by atoms with Gasteiger partial charge in [0.05, 0.1) is 5.92 Å². The van der Waals surface area contributed by atoms with Gasteiger partial charge in [-0.15, -0.1) is 0 Å². The maximum atomic E-state index is 13.2. The molecule has 5 nitrogen and oxygen atoms in total. The van der Waals surface area contributed by atoms with Crippen LogP contribution in [0, 0.1) is 16.7 Å². The van der Waals surface area contributed by atoms with E-state index in [9.17, 15) is 19.8 Å². The van der Waals surface area contributed by atoms with Crippen molar-refractivity contribution >= 4 is 17.3 Å². The monoisotopic (exact) mass is 395 g/mol. The van der Waals surface area contributed by atoms with Crippen LogP contribution in [0.15, 0.2) is 40.5 Å². The third-order valence-corrected chi connectivity index (χ3v) is 6.43. The van der Waals surface area contributed by atoms with E-state index in [-0.39, 0.29) is 28.3 Å². The van der Waals surface area contributed by atoms with Gasteiger partial charge in [0.1, 0.15) is 5.78 Å². The fraction of sp³-hybridized carbons (Fsp3) is 0.542. The molecule has 0 radical (unpaired) electrons. The van der Waals surface area contributed by atoms with Crippen molar-refractivity contribution in [2.24, 2.45) is 21.7 Å². The second-order valence-corrected chi connectivity index (χ2v) is 10.4. The predicted octanol–water partition coefficient (Wildman–Crippen LogP) is 3.86. The Balaban J connectivity index is 1.87. The summed E-state index contributed by atoms with van der Waals surface area (Å²) in [4.78, 5) is 31.3. The summed E-state index contributed by atoms with van der Waals surface area (Å²) in [7, 11) is 0. The maximum Gasteiger partial charge on any atom is 0.178 e. The number of carbonyl (C=O) groups excluding carboxylic acids is 2. The van der Waals surface area contributed by atoms with Crippen LogP contribution in [0.1, 0.15) is 76.7 Å². The second-order valence-electron chi connectivity index (χ2n) is 10.4. The summed E-state index contributed by atoms with van der Waals surface area (Å²) >= 11 is 0. The van der Waals surface area contributed by atoms with E-state index in [2.05, 4.69) is 27.7 Å². The molecule has 1 aromatic carbocycles. The Morgan fingerprint density at radius 3 is 2.14 bits per heavy atom. The third-order valence-electron chi connectivity index (χ3n) is 6.43. The Labute approximate surface area is 171 Å². The van der Waals surface area contributed by atoms with E-state index in [1.165, 1.54) is 0 Å². The van der Waals surface area contributed by atoms with E-state index in [1.807, 2.05) is 12.1 Å². The maximum absolute atomic E-state index is 13.2. The Bertz CT molecular complexity index is 934. The first-order valence-electron chi connectivity index (χ1n) is 10.3. The average Bonchev–Trinajstić information content (AvgIpc) is 2.57. The first kappa shape index (κ1) is 20.2. The molecule has 0 aromatic heterocycles.